The first-order valence-corrected chi connectivity index (χ1v) is 12.7. The van der Waals surface area contributed by atoms with E-state index in [4.69, 9.17) is 9.47 Å². The molecule has 4 rings (SSSR count). The van der Waals surface area contributed by atoms with Crippen LogP contribution in [0, 0.1) is 11.6 Å². The molecule has 1 N–H and O–H groups in total. The molecule has 5 nitrogen and oxygen atoms in total. The van der Waals surface area contributed by atoms with E-state index < -0.39 is 11.7 Å². The van der Waals surface area contributed by atoms with E-state index in [0.29, 0.717) is 43.5 Å². The number of β-amino-alcohol motifs (C(OH)–C–C–N with tert-alkyl or cyclic N) is 1. The van der Waals surface area contributed by atoms with Gasteiger partial charge >= 0.3 is 0 Å². The average molecular weight is 625 g/mol. The van der Waals surface area contributed by atoms with Gasteiger partial charge in [0.15, 0.2) is 5.82 Å². The van der Waals surface area contributed by atoms with E-state index in [9.17, 15) is 13.9 Å². The summed E-state index contributed by atoms with van der Waals surface area (Å²) in [7, 11) is 1.53. The summed E-state index contributed by atoms with van der Waals surface area (Å²) in [4.78, 5) is 6.13. The lowest BCUT2D eigenvalue weighted by Gasteiger charge is -2.45. The van der Waals surface area contributed by atoms with Gasteiger partial charge in [0, 0.05) is 24.7 Å². The van der Waals surface area contributed by atoms with Gasteiger partial charge < -0.3 is 19.5 Å². The second-order valence-electron chi connectivity index (χ2n) is 7.33. The van der Waals surface area contributed by atoms with E-state index in [2.05, 4.69) is 43.5 Å². The molecule has 2 aromatic carbocycles. The number of nitrogens with zero attached hydrogens (tertiary/aromatic N) is 2. The van der Waals surface area contributed by atoms with Crippen LogP contribution in [0.15, 0.2) is 34.8 Å². The fourth-order valence-electron chi connectivity index (χ4n) is 3.75. The van der Waals surface area contributed by atoms with Crippen LogP contribution in [0.5, 0.6) is 5.75 Å². The maximum absolute atomic E-state index is 14.4. The number of hydrogen-bond donors (Lipinski definition) is 1. The number of piperidine rings is 1. The minimum atomic E-state index is -0.959. The standard InChI is InChI=1S/C21H20BrF2IN2O3S/c1-29-21(6-7-27(10-17(21)28)15-4-2-12(22)8-14(15)24)11-30-16-5-3-13(23)19-20(16)31-18(9-25)26-19/h2-5,8,17,28H,6-7,9-11H2,1H3/t17-,21-/m1/s1. The van der Waals surface area contributed by atoms with Crippen molar-refractivity contribution >= 4 is 65.8 Å². The van der Waals surface area contributed by atoms with Crippen LogP contribution in [0.3, 0.4) is 0 Å². The van der Waals surface area contributed by atoms with Crippen molar-refractivity contribution in [3.63, 3.8) is 0 Å². The lowest BCUT2D eigenvalue weighted by atomic mass is 9.88. The topological polar surface area (TPSA) is 54.8 Å². The zero-order valence-electron chi connectivity index (χ0n) is 16.6. The Balaban J connectivity index is 1.52. The number of aromatic nitrogens is 1. The SMILES string of the molecule is CO[C@@]1(COc2ccc(F)c3nc(CI)sc23)CCN(c2ccc(Br)cc2F)C[C@H]1O. The molecule has 0 aliphatic carbocycles. The number of alkyl halides is 1. The second-order valence-corrected chi connectivity index (χ2v) is 10.1. The predicted molar refractivity (Wildman–Crippen MR) is 129 cm³/mol. The van der Waals surface area contributed by atoms with Gasteiger partial charge in [0.05, 0.1) is 14.8 Å². The highest BCUT2D eigenvalue weighted by Gasteiger charge is 2.44. The Hall–Kier alpha value is -1.08. The third-order valence-electron chi connectivity index (χ3n) is 5.55. The van der Waals surface area contributed by atoms with Crippen molar-refractivity contribution in [3.05, 3.63) is 51.4 Å². The van der Waals surface area contributed by atoms with Gasteiger partial charge in [-0.3, -0.25) is 0 Å². The molecule has 2 heterocycles. The van der Waals surface area contributed by atoms with E-state index in [1.165, 1.54) is 30.6 Å². The molecular weight excluding hydrogens is 605 g/mol. The first-order valence-electron chi connectivity index (χ1n) is 9.57. The number of halogens is 4. The van der Waals surface area contributed by atoms with E-state index in [-0.39, 0.29) is 24.8 Å². The van der Waals surface area contributed by atoms with Gasteiger partial charge in [0.25, 0.3) is 0 Å². The number of hydrogen-bond acceptors (Lipinski definition) is 6. The summed E-state index contributed by atoms with van der Waals surface area (Å²) in [5.74, 6) is -0.233. The molecule has 1 aliphatic heterocycles. The molecule has 0 radical (unpaired) electrons. The number of thiazole rings is 1. The summed E-state index contributed by atoms with van der Waals surface area (Å²) in [5, 5.41) is 11.7. The number of fused-ring (bicyclic) bond motifs is 1. The quantitative estimate of drug-likeness (QED) is 0.298. The Morgan fingerprint density at radius 1 is 1.32 bits per heavy atom. The molecule has 10 heteroatoms. The van der Waals surface area contributed by atoms with Gasteiger partial charge in [-0.15, -0.1) is 11.3 Å². The maximum Gasteiger partial charge on any atom is 0.150 e. The molecule has 2 atom stereocenters. The van der Waals surface area contributed by atoms with E-state index >= 15 is 0 Å². The maximum atomic E-state index is 14.4. The molecule has 1 aliphatic rings. The zero-order chi connectivity index (χ0) is 22.2. The summed E-state index contributed by atoms with van der Waals surface area (Å²) in [6.45, 7) is 0.777. The first-order chi connectivity index (χ1) is 14.9. The lowest BCUT2D eigenvalue weighted by Crippen LogP contribution is -2.59. The molecule has 0 amide bonds. The third kappa shape index (κ3) is 4.54. The summed E-state index contributed by atoms with van der Waals surface area (Å²) >= 11 is 6.84. The molecule has 0 saturated carbocycles. The fourth-order valence-corrected chi connectivity index (χ4v) is 5.61. The summed E-state index contributed by atoms with van der Waals surface area (Å²) in [5.41, 5.74) is -0.231. The van der Waals surface area contributed by atoms with Gasteiger partial charge in [0.1, 0.15) is 40.4 Å². The molecule has 31 heavy (non-hydrogen) atoms. The number of aliphatic hydroxyl groups excluding tert-OH is 1. The van der Waals surface area contributed by atoms with Crippen molar-refractivity contribution in [2.75, 3.05) is 31.7 Å². The van der Waals surface area contributed by atoms with Crippen LogP contribution in [0.1, 0.15) is 11.4 Å². The molecule has 0 bridgehead atoms. The van der Waals surface area contributed by atoms with Gasteiger partial charge in [-0.2, -0.15) is 0 Å². The first kappa shape index (κ1) is 23.1. The number of anilines is 1. The Kier molecular flexibility index (Phi) is 7.02. The normalized spacial score (nSPS) is 21.6. The minimum Gasteiger partial charge on any atom is -0.489 e. The van der Waals surface area contributed by atoms with Gasteiger partial charge in [-0.25, -0.2) is 13.8 Å². The smallest absolute Gasteiger partial charge is 0.150 e. The van der Waals surface area contributed by atoms with Crippen molar-refractivity contribution in [2.45, 2.75) is 22.6 Å². The number of ether oxygens (including phenoxy) is 2. The van der Waals surface area contributed by atoms with Crippen LogP contribution in [0.4, 0.5) is 14.5 Å². The van der Waals surface area contributed by atoms with Crippen molar-refractivity contribution in [1.82, 2.24) is 4.98 Å². The number of rotatable bonds is 6. The van der Waals surface area contributed by atoms with E-state index in [0.717, 1.165) is 5.01 Å². The molecule has 0 spiro atoms. The van der Waals surface area contributed by atoms with Crippen molar-refractivity contribution in [1.29, 1.82) is 0 Å². The van der Waals surface area contributed by atoms with Gasteiger partial charge in [-0.1, -0.05) is 38.5 Å². The van der Waals surface area contributed by atoms with E-state index in [1.807, 2.05) is 0 Å². The molecule has 0 unspecified atom stereocenters. The Labute approximate surface area is 204 Å². The number of methoxy groups -OCH3 is 1. The summed E-state index contributed by atoms with van der Waals surface area (Å²) in [6, 6.07) is 7.77. The van der Waals surface area contributed by atoms with Crippen LogP contribution < -0.4 is 9.64 Å². The molecule has 1 fully saturated rings. The Bertz CT molecular complexity index is 1100. The van der Waals surface area contributed by atoms with Gasteiger partial charge in [-0.05, 0) is 36.8 Å². The fraction of sp³-hybridized carbons (Fsp3) is 0.381. The third-order valence-corrected chi connectivity index (χ3v) is 8.35. The van der Waals surface area contributed by atoms with Crippen LogP contribution in [-0.4, -0.2) is 48.6 Å². The zero-order valence-corrected chi connectivity index (χ0v) is 21.1. The highest BCUT2D eigenvalue weighted by atomic mass is 127. The number of aliphatic hydroxyl groups is 1. The predicted octanol–water partition coefficient (Wildman–Crippen LogP) is 5.31. The van der Waals surface area contributed by atoms with Crippen LogP contribution in [-0.2, 0) is 9.16 Å². The molecule has 1 saturated heterocycles. The molecule has 166 valence electrons. The van der Waals surface area contributed by atoms with Crippen LogP contribution >= 0.6 is 49.9 Å². The van der Waals surface area contributed by atoms with Crippen molar-refractivity contribution in [2.24, 2.45) is 0 Å². The largest absolute Gasteiger partial charge is 0.489 e. The minimum absolute atomic E-state index is 0.0829. The molecule has 3 aromatic rings. The second kappa shape index (κ2) is 9.42. The van der Waals surface area contributed by atoms with Crippen LogP contribution in [0.2, 0.25) is 0 Å². The monoisotopic (exact) mass is 624 g/mol. The highest BCUT2D eigenvalue weighted by Crippen LogP contribution is 2.36. The Morgan fingerprint density at radius 3 is 2.81 bits per heavy atom. The summed E-state index contributed by atoms with van der Waals surface area (Å²) < 4.78 is 42.3. The molecule has 1 aromatic heterocycles. The lowest BCUT2D eigenvalue weighted by molar-refractivity contribution is -0.132. The average Bonchev–Trinajstić information content (AvgIpc) is 3.20. The van der Waals surface area contributed by atoms with Crippen molar-refractivity contribution < 1.29 is 23.4 Å². The molecular formula is C21H20BrF2IN2O3S. The highest BCUT2D eigenvalue weighted by molar-refractivity contribution is 14.1. The van der Waals surface area contributed by atoms with Crippen LogP contribution in [0.25, 0.3) is 10.2 Å². The van der Waals surface area contributed by atoms with Crippen molar-refractivity contribution in [3.8, 4) is 5.75 Å². The number of benzene rings is 2. The van der Waals surface area contributed by atoms with E-state index in [1.54, 1.807) is 23.1 Å². The van der Waals surface area contributed by atoms with Gasteiger partial charge in [0.2, 0.25) is 0 Å². The Morgan fingerprint density at radius 2 is 2.13 bits per heavy atom. The summed E-state index contributed by atoms with van der Waals surface area (Å²) in [6.07, 6.45) is -0.469.